The summed E-state index contributed by atoms with van der Waals surface area (Å²) in [5.74, 6) is 4.87. The molecule has 0 aliphatic heterocycles. The van der Waals surface area contributed by atoms with Crippen LogP contribution < -0.4 is 31.7 Å². The summed E-state index contributed by atoms with van der Waals surface area (Å²) >= 11 is 6.73. The van der Waals surface area contributed by atoms with Gasteiger partial charge < -0.3 is 51.3 Å². The van der Waals surface area contributed by atoms with Gasteiger partial charge in [-0.1, -0.05) is 48.0 Å². The van der Waals surface area contributed by atoms with Gasteiger partial charge in [-0.2, -0.15) is 5.26 Å². The van der Waals surface area contributed by atoms with Gasteiger partial charge in [-0.25, -0.2) is 5.84 Å². The van der Waals surface area contributed by atoms with Crippen LogP contribution in [0.3, 0.4) is 0 Å². The fourth-order valence-corrected chi connectivity index (χ4v) is 6.40. The SMILES string of the molecule is Cc1c(COc2cc(OCc3cncc(C#N)c3)c(CNCC(O)CC(=O)O)cc2Cl)cccc1-c1cccc(/C(N)=C/N(N)CCCNCC(O)CC(=O)O)c1C. The van der Waals surface area contributed by atoms with E-state index >= 15 is 0 Å². The maximum atomic E-state index is 11.0. The second-order valence-corrected chi connectivity index (χ2v) is 14.2. The van der Waals surface area contributed by atoms with Crippen molar-refractivity contribution < 1.29 is 39.5 Å². The zero-order valence-corrected chi connectivity index (χ0v) is 33.2. The maximum absolute atomic E-state index is 11.0. The number of hydrogen-bond donors (Lipinski definition) is 8. The summed E-state index contributed by atoms with van der Waals surface area (Å²) < 4.78 is 12.5. The topological polar surface area (TPSA) is 250 Å². The van der Waals surface area contributed by atoms with E-state index < -0.39 is 30.6 Å². The number of aliphatic carboxylic acids is 2. The van der Waals surface area contributed by atoms with Gasteiger partial charge >= 0.3 is 11.9 Å². The van der Waals surface area contributed by atoms with Crippen LogP contribution in [0.1, 0.15) is 58.2 Å². The minimum Gasteiger partial charge on any atom is -0.488 e. The number of hydrogen-bond acceptors (Lipinski definition) is 13. The van der Waals surface area contributed by atoms with Crippen molar-refractivity contribution in [2.45, 2.75) is 65.1 Å². The maximum Gasteiger partial charge on any atom is 0.306 e. The van der Waals surface area contributed by atoms with Crippen LogP contribution in [-0.4, -0.2) is 80.7 Å². The van der Waals surface area contributed by atoms with E-state index in [2.05, 4.69) is 21.7 Å². The molecule has 0 fully saturated rings. The second kappa shape index (κ2) is 22.3. The first-order chi connectivity index (χ1) is 27.7. The zero-order chi connectivity index (χ0) is 42.2. The first kappa shape index (κ1) is 45.0. The van der Waals surface area contributed by atoms with E-state index in [1.807, 2.05) is 50.2 Å². The average molecular weight is 816 g/mol. The number of carboxylic acid groups (broad SMARTS) is 2. The van der Waals surface area contributed by atoms with Crippen LogP contribution in [0.4, 0.5) is 0 Å². The number of rotatable bonds is 23. The molecule has 0 saturated heterocycles. The number of aromatic nitrogens is 1. The minimum atomic E-state index is -1.10. The van der Waals surface area contributed by atoms with Gasteiger partial charge in [0.15, 0.2) is 0 Å². The Morgan fingerprint density at radius 2 is 1.57 bits per heavy atom. The lowest BCUT2D eigenvalue weighted by molar-refractivity contribution is -0.140. The van der Waals surface area contributed by atoms with Crippen molar-refractivity contribution in [3.63, 3.8) is 0 Å². The molecule has 0 radical (unpaired) electrons. The molecule has 58 heavy (non-hydrogen) atoms. The summed E-state index contributed by atoms with van der Waals surface area (Å²) in [7, 11) is 0. The molecule has 0 saturated carbocycles. The van der Waals surface area contributed by atoms with Crippen molar-refractivity contribution in [2.24, 2.45) is 11.6 Å². The average Bonchev–Trinajstić information content (AvgIpc) is 3.17. The third kappa shape index (κ3) is 13.7. The summed E-state index contributed by atoms with van der Waals surface area (Å²) in [5, 5.41) is 54.7. The van der Waals surface area contributed by atoms with Crippen LogP contribution in [0.5, 0.6) is 11.5 Å². The largest absolute Gasteiger partial charge is 0.488 e. The highest BCUT2D eigenvalue weighted by atomic mass is 35.5. The van der Waals surface area contributed by atoms with Crippen LogP contribution in [-0.2, 0) is 29.3 Å². The molecule has 1 aromatic heterocycles. The highest BCUT2D eigenvalue weighted by molar-refractivity contribution is 6.32. The molecule has 4 rings (SSSR count). The highest BCUT2D eigenvalue weighted by Crippen LogP contribution is 2.36. The van der Waals surface area contributed by atoms with Crippen molar-refractivity contribution in [3.8, 4) is 28.7 Å². The fourth-order valence-electron chi connectivity index (χ4n) is 6.16. The van der Waals surface area contributed by atoms with Crippen molar-refractivity contribution in [2.75, 3.05) is 26.2 Å². The van der Waals surface area contributed by atoms with E-state index in [0.29, 0.717) is 58.4 Å². The predicted octanol–water partition coefficient (Wildman–Crippen LogP) is 4.22. The molecule has 3 aromatic carbocycles. The van der Waals surface area contributed by atoms with Crippen molar-refractivity contribution in [1.82, 2.24) is 20.6 Å². The van der Waals surface area contributed by atoms with E-state index in [1.54, 1.807) is 30.6 Å². The molecule has 0 spiro atoms. The number of aliphatic hydroxyl groups is 2. The molecule has 15 nitrogen and oxygen atoms in total. The summed E-state index contributed by atoms with van der Waals surface area (Å²) in [6.07, 6.45) is 2.62. The van der Waals surface area contributed by atoms with Gasteiger partial charge in [0.2, 0.25) is 0 Å². The van der Waals surface area contributed by atoms with E-state index in [9.17, 15) is 25.1 Å². The number of nitrogens with two attached hydrogens (primary N) is 2. The smallest absolute Gasteiger partial charge is 0.306 e. The number of carbonyl (C=O) groups is 2. The van der Waals surface area contributed by atoms with Gasteiger partial charge in [-0.15, -0.1) is 0 Å². The van der Waals surface area contributed by atoms with Gasteiger partial charge in [0, 0.05) is 67.5 Å². The number of halogens is 1. The van der Waals surface area contributed by atoms with Crippen LogP contribution in [0.25, 0.3) is 16.8 Å². The summed E-state index contributed by atoms with van der Waals surface area (Å²) in [6.45, 7) is 5.74. The van der Waals surface area contributed by atoms with Gasteiger partial charge in [0.1, 0.15) is 30.8 Å². The quantitative estimate of drug-likeness (QED) is 0.0297. The minimum absolute atomic E-state index is 0.0347. The highest BCUT2D eigenvalue weighted by Gasteiger charge is 2.17. The second-order valence-electron chi connectivity index (χ2n) is 13.7. The third-order valence-electron chi connectivity index (χ3n) is 9.17. The van der Waals surface area contributed by atoms with Gasteiger partial charge in [-0.3, -0.25) is 14.6 Å². The van der Waals surface area contributed by atoms with E-state index in [0.717, 1.165) is 33.4 Å². The summed E-state index contributed by atoms with van der Waals surface area (Å²) in [4.78, 5) is 25.8. The van der Waals surface area contributed by atoms with E-state index in [-0.39, 0.29) is 39.3 Å². The van der Waals surface area contributed by atoms with E-state index in [1.165, 1.54) is 11.2 Å². The molecule has 2 atom stereocenters. The van der Waals surface area contributed by atoms with Crippen LogP contribution in [0.2, 0.25) is 5.02 Å². The number of nitriles is 1. The van der Waals surface area contributed by atoms with Crippen LogP contribution in [0.15, 0.2) is 73.2 Å². The lowest BCUT2D eigenvalue weighted by atomic mass is 9.91. The van der Waals surface area contributed by atoms with Crippen molar-refractivity contribution in [1.29, 1.82) is 5.26 Å². The standard InChI is InChI=1S/C42H50ClN7O8/c1-26-30(6-3-7-34(26)35-8-4-9-36(27(35)2)38(45)23-50(46)11-5-10-47-21-32(51)14-41(53)54)25-58-40-16-39(57-24-29-12-28(17-44)18-48-19-29)31(13-37(40)43)20-49-22-33(52)15-42(55)56/h3-4,6-9,12-13,16,18-19,23,32-33,47,49,51-52H,5,10-11,14-15,20-22,24-25,45-46H2,1-2H3,(H,53,54)(H,55,56)/b38-23-. The lowest BCUT2D eigenvalue weighted by Crippen LogP contribution is -2.33. The Bertz CT molecular complexity index is 2110. The molecular formula is C42H50ClN7O8. The number of nitrogens with one attached hydrogen (secondary N) is 2. The van der Waals surface area contributed by atoms with Crippen LogP contribution >= 0.6 is 11.6 Å². The molecule has 0 bridgehead atoms. The molecule has 1 heterocycles. The Labute approximate surface area is 342 Å². The Hall–Kier alpha value is -5.73. The monoisotopic (exact) mass is 815 g/mol. The fraction of sp³-hybridized carbons (Fsp3) is 0.333. The Morgan fingerprint density at radius 1 is 0.914 bits per heavy atom. The number of pyridine rings is 1. The third-order valence-corrected chi connectivity index (χ3v) is 9.46. The normalized spacial score (nSPS) is 12.4. The Balaban J connectivity index is 1.48. The zero-order valence-electron chi connectivity index (χ0n) is 32.5. The Morgan fingerprint density at radius 3 is 2.26 bits per heavy atom. The van der Waals surface area contributed by atoms with E-state index in [4.69, 9.17) is 42.9 Å². The summed E-state index contributed by atoms with van der Waals surface area (Å²) in [5.41, 5.74) is 14.4. The molecule has 0 aliphatic carbocycles. The molecule has 4 aromatic rings. The molecule has 10 N–H and O–H groups in total. The molecule has 2 unspecified atom stereocenters. The first-order valence-electron chi connectivity index (χ1n) is 18.6. The molecule has 0 aliphatic rings. The number of ether oxygens (including phenoxy) is 2. The first-order valence-corrected chi connectivity index (χ1v) is 18.9. The molecular weight excluding hydrogens is 766 g/mol. The van der Waals surface area contributed by atoms with Crippen molar-refractivity contribution in [3.05, 3.63) is 117 Å². The predicted molar refractivity (Wildman–Crippen MR) is 219 cm³/mol. The van der Waals surface area contributed by atoms with Crippen LogP contribution in [0, 0.1) is 25.2 Å². The molecule has 308 valence electrons. The van der Waals surface area contributed by atoms with Gasteiger partial charge in [0.25, 0.3) is 0 Å². The number of benzene rings is 3. The number of hydrazine groups is 1. The molecule has 0 amide bonds. The Kier molecular flexibility index (Phi) is 17.3. The molecule has 16 heteroatoms. The lowest BCUT2D eigenvalue weighted by Gasteiger charge is -2.19. The number of nitrogens with zero attached hydrogens (tertiary/aromatic N) is 3. The number of carboxylic acids is 2. The van der Waals surface area contributed by atoms with Gasteiger partial charge in [-0.05, 0) is 66.8 Å². The number of aliphatic hydroxyl groups excluding tert-OH is 2. The van der Waals surface area contributed by atoms with Crippen molar-refractivity contribution >= 4 is 29.2 Å². The van der Waals surface area contributed by atoms with Gasteiger partial charge in [0.05, 0.1) is 41.3 Å². The summed E-state index contributed by atoms with van der Waals surface area (Å²) in [6, 6.07) is 19.0.